The van der Waals surface area contributed by atoms with Crippen LogP contribution < -0.4 is 0 Å². The number of aromatic nitrogens is 1. The Bertz CT molecular complexity index is 1210. The van der Waals surface area contributed by atoms with Crippen LogP contribution in [-0.4, -0.2) is 23.4 Å². The van der Waals surface area contributed by atoms with Crippen molar-refractivity contribution in [1.82, 2.24) is 4.57 Å². The smallest absolute Gasteiger partial charge is 0.355 e. The van der Waals surface area contributed by atoms with Crippen molar-refractivity contribution >= 4 is 33.9 Å². The lowest BCUT2D eigenvalue weighted by molar-refractivity contribution is 0.0513. The molecule has 4 aromatic rings. The summed E-state index contributed by atoms with van der Waals surface area (Å²) >= 11 is 0. The molecule has 1 aromatic heterocycles. The van der Waals surface area contributed by atoms with Gasteiger partial charge in [-0.2, -0.15) is 0 Å². The summed E-state index contributed by atoms with van der Waals surface area (Å²) in [7, 11) is 0. The van der Waals surface area contributed by atoms with Crippen molar-refractivity contribution in [1.29, 1.82) is 0 Å². The lowest BCUT2D eigenvalue weighted by atomic mass is 10.0. The molecule has 4 rings (SSSR count). The second-order valence-corrected chi connectivity index (χ2v) is 6.49. The van der Waals surface area contributed by atoms with Crippen LogP contribution in [0.1, 0.15) is 33.3 Å². The highest BCUT2D eigenvalue weighted by Gasteiger charge is 2.23. The van der Waals surface area contributed by atoms with Gasteiger partial charge in [0.1, 0.15) is 11.5 Å². The summed E-state index contributed by atoms with van der Waals surface area (Å²) in [6, 6.07) is 17.7. The second-order valence-electron chi connectivity index (χ2n) is 6.49. The molecule has 0 aliphatic rings. The van der Waals surface area contributed by atoms with E-state index in [9.17, 15) is 14.0 Å². The minimum absolute atomic E-state index is 0.206. The van der Waals surface area contributed by atoms with E-state index in [4.69, 9.17) is 4.74 Å². The fraction of sp³-hybridized carbons (Fsp3) is 0.130. The maximum Gasteiger partial charge on any atom is 0.355 e. The molecular formula is C23H18FNO3. The van der Waals surface area contributed by atoms with Gasteiger partial charge in [0, 0.05) is 17.4 Å². The van der Waals surface area contributed by atoms with Gasteiger partial charge in [0.2, 0.25) is 0 Å². The number of carbonyl (C=O) groups excluding carboxylic acids is 2. The fourth-order valence-corrected chi connectivity index (χ4v) is 3.65. The van der Waals surface area contributed by atoms with Crippen molar-refractivity contribution < 1.29 is 18.7 Å². The van der Waals surface area contributed by atoms with E-state index in [1.54, 1.807) is 23.6 Å². The van der Waals surface area contributed by atoms with Crippen LogP contribution in [0.2, 0.25) is 0 Å². The first-order valence-corrected chi connectivity index (χ1v) is 9.04. The zero-order valence-electron chi connectivity index (χ0n) is 15.3. The van der Waals surface area contributed by atoms with Crippen molar-refractivity contribution in [2.75, 3.05) is 6.61 Å². The molecule has 3 aromatic carbocycles. The number of nitrogens with zero attached hydrogens (tertiary/aromatic N) is 1. The number of rotatable bonds is 5. The average molecular weight is 375 g/mol. The summed E-state index contributed by atoms with van der Waals surface area (Å²) < 4.78 is 20.8. The molecule has 140 valence electrons. The normalized spacial score (nSPS) is 11.1. The highest BCUT2D eigenvalue weighted by atomic mass is 19.1. The van der Waals surface area contributed by atoms with Gasteiger partial charge >= 0.3 is 5.97 Å². The molecule has 0 unspecified atom stereocenters. The number of hydrogen-bond donors (Lipinski definition) is 0. The van der Waals surface area contributed by atoms with Crippen molar-refractivity contribution in [3.8, 4) is 0 Å². The van der Waals surface area contributed by atoms with Gasteiger partial charge in [0.15, 0.2) is 6.29 Å². The molecule has 0 fully saturated rings. The molecule has 0 spiro atoms. The molecule has 0 amide bonds. The van der Waals surface area contributed by atoms with E-state index < -0.39 is 5.97 Å². The number of aldehydes is 1. The standard InChI is InChI=1S/C23H18FNO3/c1-2-28-23(27)22-20(14-26)18-8-3-4-9-21(18)25(22)13-16-7-5-6-15-10-11-17(24)12-19(15)16/h3-12,14H,2,13H2,1H3. The topological polar surface area (TPSA) is 48.3 Å². The van der Waals surface area contributed by atoms with Crippen LogP contribution in [0.5, 0.6) is 0 Å². The van der Waals surface area contributed by atoms with Crippen LogP contribution in [0.3, 0.4) is 0 Å². The Morgan fingerprint density at radius 2 is 1.89 bits per heavy atom. The molecular weight excluding hydrogens is 357 g/mol. The number of ether oxygens (including phenoxy) is 1. The molecule has 0 atom stereocenters. The van der Waals surface area contributed by atoms with Gasteiger partial charge in [-0.15, -0.1) is 0 Å². The van der Waals surface area contributed by atoms with Crippen molar-refractivity contribution in [2.45, 2.75) is 13.5 Å². The SMILES string of the molecule is CCOC(=O)c1c(C=O)c2ccccc2n1Cc1cccc2ccc(F)cc12. The number of para-hydroxylation sites is 1. The third kappa shape index (κ3) is 2.95. The van der Waals surface area contributed by atoms with Gasteiger partial charge in [-0.1, -0.05) is 42.5 Å². The first kappa shape index (κ1) is 17.9. The van der Waals surface area contributed by atoms with Crippen LogP contribution >= 0.6 is 0 Å². The number of halogens is 1. The van der Waals surface area contributed by atoms with E-state index in [1.807, 2.05) is 36.4 Å². The van der Waals surface area contributed by atoms with Gasteiger partial charge < -0.3 is 9.30 Å². The maximum absolute atomic E-state index is 13.8. The predicted octanol–water partition coefficient (Wildman–Crippen LogP) is 4.97. The highest BCUT2D eigenvalue weighted by molar-refractivity contribution is 6.08. The summed E-state index contributed by atoms with van der Waals surface area (Å²) in [5, 5.41) is 2.36. The Hall–Kier alpha value is -3.47. The molecule has 0 aliphatic carbocycles. The van der Waals surface area contributed by atoms with E-state index in [-0.39, 0.29) is 18.1 Å². The predicted molar refractivity (Wildman–Crippen MR) is 106 cm³/mol. The van der Waals surface area contributed by atoms with Crippen LogP contribution in [0.25, 0.3) is 21.7 Å². The minimum atomic E-state index is -0.549. The van der Waals surface area contributed by atoms with Gasteiger partial charge in [-0.05, 0) is 41.5 Å². The Morgan fingerprint density at radius 1 is 1.07 bits per heavy atom. The largest absolute Gasteiger partial charge is 0.461 e. The molecule has 0 bridgehead atoms. The van der Waals surface area contributed by atoms with Gasteiger partial charge in [0.25, 0.3) is 0 Å². The zero-order valence-corrected chi connectivity index (χ0v) is 15.3. The molecule has 4 nitrogen and oxygen atoms in total. The molecule has 0 aliphatic heterocycles. The molecule has 0 N–H and O–H groups in total. The molecule has 0 saturated heterocycles. The first-order chi connectivity index (χ1) is 13.6. The summed E-state index contributed by atoms with van der Waals surface area (Å²) in [4.78, 5) is 24.5. The Balaban J connectivity index is 1.96. The van der Waals surface area contributed by atoms with Crippen LogP contribution in [-0.2, 0) is 11.3 Å². The van der Waals surface area contributed by atoms with Gasteiger partial charge in [0.05, 0.1) is 12.2 Å². The second kappa shape index (κ2) is 7.27. The van der Waals surface area contributed by atoms with Crippen molar-refractivity contribution in [2.24, 2.45) is 0 Å². The number of fused-ring (bicyclic) bond motifs is 2. The quantitative estimate of drug-likeness (QED) is 0.365. The van der Waals surface area contributed by atoms with Gasteiger partial charge in [-0.3, -0.25) is 4.79 Å². The average Bonchev–Trinajstić information content (AvgIpc) is 3.02. The lowest BCUT2D eigenvalue weighted by Gasteiger charge is -2.13. The van der Waals surface area contributed by atoms with E-state index in [2.05, 4.69) is 0 Å². The molecule has 28 heavy (non-hydrogen) atoms. The lowest BCUT2D eigenvalue weighted by Crippen LogP contribution is -2.15. The van der Waals surface area contributed by atoms with E-state index >= 15 is 0 Å². The third-order valence-corrected chi connectivity index (χ3v) is 4.86. The molecule has 0 radical (unpaired) electrons. The number of benzene rings is 3. The van der Waals surface area contributed by atoms with E-state index in [0.717, 1.165) is 21.9 Å². The summed E-state index contributed by atoms with van der Waals surface area (Å²) in [6.45, 7) is 2.24. The number of esters is 1. The van der Waals surface area contributed by atoms with E-state index in [1.165, 1.54) is 12.1 Å². The third-order valence-electron chi connectivity index (χ3n) is 4.86. The Morgan fingerprint density at radius 3 is 2.68 bits per heavy atom. The zero-order chi connectivity index (χ0) is 19.7. The molecule has 1 heterocycles. The fourth-order valence-electron chi connectivity index (χ4n) is 3.65. The Kier molecular flexibility index (Phi) is 4.65. The molecule has 0 saturated carbocycles. The van der Waals surface area contributed by atoms with Gasteiger partial charge in [-0.25, -0.2) is 9.18 Å². The summed E-state index contributed by atoms with van der Waals surface area (Å²) in [5.74, 6) is -0.872. The number of carbonyl (C=O) groups is 2. The van der Waals surface area contributed by atoms with Crippen molar-refractivity contribution in [3.63, 3.8) is 0 Å². The first-order valence-electron chi connectivity index (χ1n) is 9.04. The Labute approximate surface area is 161 Å². The monoisotopic (exact) mass is 375 g/mol. The highest BCUT2D eigenvalue weighted by Crippen LogP contribution is 2.29. The maximum atomic E-state index is 13.8. The minimum Gasteiger partial charge on any atom is -0.461 e. The van der Waals surface area contributed by atoms with Crippen LogP contribution in [0.4, 0.5) is 4.39 Å². The van der Waals surface area contributed by atoms with Crippen LogP contribution in [0, 0.1) is 5.82 Å². The number of hydrogen-bond acceptors (Lipinski definition) is 3. The summed E-state index contributed by atoms with van der Waals surface area (Å²) in [6.07, 6.45) is 0.688. The molecule has 5 heteroatoms. The van der Waals surface area contributed by atoms with Crippen molar-refractivity contribution in [3.05, 3.63) is 83.3 Å². The van der Waals surface area contributed by atoms with E-state index in [0.29, 0.717) is 23.8 Å². The summed E-state index contributed by atoms with van der Waals surface area (Å²) in [5.41, 5.74) is 2.12. The van der Waals surface area contributed by atoms with Crippen LogP contribution in [0.15, 0.2) is 60.7 Å².